The van der Waals surface area contributed by atoms with Crippen molar-refractivity contribution in [3.8, 4) is 0 Å². The van der Waals surface area contributed by atoms with Crippen molar-refractivity contribution in [3.05, 3.63) is 47.2 Å². The molecular weight excluding hydrogens is 248 g/mol. The second kappa shape index (κ2) is 5.75. The van der Waals surface area contributed by atoms with Crippen LogP contribution in [0.1, 0.15) is 21.6 Å². The summed E-state index contributed by atoms with van der Waals surface area (Å²) in [7, 11) is 1.61. The minimum atomic E-state index is -0.133. The van der Waals surface area contributed by atoms with Crippen LogP contribution in [0.4, 0.5) is 5.00 Å². The van der Waals surface area contributed by atoms with Crippen LogP contribution in [0.25, 0.3) is 0 Å². The van der Waals surface area contributed by atoms with Crippen molar-refractivity contribution in [2.75, 3.05) is 12.4 Å². The third-order valence-electron chi connectivity index (χ3n) is 2.43. The van der Waals surface area contributed by atoms with Crippen LogP contribution in [-0.4, -0.2) is 17.4 Å². The summed E-state index contributed by atoms with van der Waals surface area (Å²) in [6.45, 7) is 2.32. The predicted octanol–water partition coefficient (Wildman–Crippen LogP) is 2.85. The summed E-state index contributed by atoms with van der Waals surface area (Å²) in [5, 5.41) is 3.59. The van der Waals surface area contributed by atoms with E-state index in [0.717, 1.165) is 16.3 Å². The molecule has 5 heteroatoms. The molecule has 1 aromatic carbocycles. The highest BCUT2D eigenvalue weighted by Crippen LogP contribution is 2.18. The summed E-state index contributed by atoms with van der Waals surface area (Å²) in [4.78, 5) is 12.1. The van der Waals surface area contributed by atoms with E-state index < -0.39 is 0 Å². The number of hydrogen-bond acceptors (Lipinski definition) is 4. The van der Waals surface area contributed by atoms with Gasteiger partial charge in [-0.25, -0.2) is 0 Å². The number of ether oxygens (including phenoxy) is 1. The molecule has 1 aromatic heterocycles. The minimum Gasteiger partial charge on any atom is -0.380 e. The van der Waals surface area contributed by atoms with Gasteiger partial charge in [0.2, 0.25) is 0 Å². The highest BCUT2D eigenvalue weighted by atomic mass is 32.1. The number of carbonyl (C=O) groups is 1. The van der Waals surface area contributed by atoms with Crippen molar-refractivity contribution in [1.29, 1.82) is 0 Å². The molecule has 1 amide bonds. The largest absolute Gasteiger partial charge is 0.380 e. The lowest BCUT2D eigenvalue weighted by Crippen LogP contribution is -2.13. The van der Waals surface area contributed by atoms with Crippen LogP contribution < -0.4 is 5.32 Å². The lowest BCUT2D eigenvalue weighted by molar-refractivity contribution is 0.102. The Morgan fingerprint density at radius 1 is 1.44 bits per heavy atom. The number of aromatic nitrogens is 1. The van der Waals surface area contributed by atoms with Gasteiger partial charge in [0.25, 0.3) is 5.91 Å². The van der Waals surface area contributed by atoms with Crippen LogP contribution in [0.15, 0.2) is 30.3 Å². The Kier molecular flexibility index (Phi) is 4.07. The van der Waals surface area contributed by atoms with Crippen LogP contribution in [0.5, 0.6) is 0 Å². The zero-order valence-corrected chi connectivity index (χ0v) is 11.1. The summed E-state index contributed by atoms with van der Waals surface area (Å²) >= 11 is 1.28. The Balaban J connectivity index is 2.18. The number of hydrogen-bond donors (Lipinski definition) is 1. The highest BCUT2D eigenvalue weighted by molar-refractivity contribution is 7.10. The molecule has 0 bridgehead atoms. The SMILES string of the molecule is COCc1ccccc1C(=O)Nc1cc(C)ns1. The van der Waals surface area contributed by atoms with E-state index in [1.54, 1.807) is 13.2 Å². The van der Waals surface area contributed by atoms with Crippen LogP contribution in [0, 0.1) is 6.92 Å². The summed E-state index contributed by atoms with van der Waals surface area (Å²) < 4.78 is 9.21. The number of methoxy groups -OCH3 is 1. The first-order valence-corrected chi connectivity index (χ1v) is 6.29. The van der Waals surface area contributed by atoms with Crippen molar-refractivity contribution in [1.82, 2.24) is 4.37 Å². The van der Waals surface area contributed by atoms with Gasteiger partial charge in [0.1, 0.15) is 5.00 Å². The summed E-state index contributed by atoms with van der Waals surface area (Å²) in [5.74, 6) is -0.133. The average Bonchev–Trinajstić information content (AvgIpc) is 2.76. The Hall–Kier alpha value is -1.72. The second-order valence-corrected chi connectivity index (χ2v) is 4.68. The van der Waals surface area contributed by atoms with E-state index >= 15 is 0 Å². The Morgan fingerprint density at radius 2 is 2.22 bits per heavy atom. The minimum absolute atomic E-state index is 0.133. The first-order valence-electron chi connectivity index (χ1n) is 5.52. The van der Waals surface area contributed by atoms with Gasteiger partial charge in [-0.05, 0) is 36.2 Å². The van der Waals surface area contributed by atoms with Gasteiger partial charge in [0.15, 0.2) is 0 Å². The molecule has 0 unspecified atom stereocenters. The number of nitrogens with zero attached hydrogens (tertiary/aromatic N) is 1. The van der Waals surface area contributed by atoms with Gasteiger partial charge in [-0.3, -0.25) is 4.79 Å². The molecule has 4 nitrogen and oxygen atoms in total. The maximum atomic E-state index is 12.1. The zero-order valence-electron chi connectivity index (χ0n) is 10.3. The molecule has 0 saturated carbocycles. The molecule has 0 spiro atoms. The zero-order chi connectivity index (χ0) is 13.0. The van der Waals surface area contributed by atoms with Crippen LogP contribution in [-0.2, 0) is 11.3 Å². The third-order valence-corrected chi connectivity index (χ3v) is 3.22. The van der Waals surface area contributed by atoms with Crippen molar-refractivity contribution in [2.24, 2.45) is 0 Å². The molecular formula is C13H14N2O2S. The molecule has 1 N–H and O–H groups in total. The van der Waals surface area contributed by atoms with E-state index in [1.807, 2.05) is 31.2 Å². The second-order valence-electron chi connectivity index (χ2n) is 3.88. The van der Waals surface area contributed by atoms with E-state index in [0.29, 0.717) is 12.2 Å². The van der Waals surface area contributed by atoms with Gasteiger partial charge in [-0.2, -0.15) is 4.37 Å². The summed E-state index contributed by atoms with van der Waals surface area (Å²) in [6.07, 6.45) is 0. The highest BCUT2D eigenvalue weighted by Gasteiger charge is 2.11. The molecule has 0 aliphatic carbocycles. The maximum Gasteiger partial charge on any atom is 0.256 e. The fourth-order valence-electron chi connectivity index (χ4n) is 1.62. The van der Waals surface area contributed by atoms with E-state index in [1.165, 1.54) is 11.5 Å². The molecule has 18 heavy (non-hydrogen) atoms. The first kappa shape index (κ1) is 12.7. The number of carbonyl (C=O) groups excluding carboxylic acids is 1. The molecule has 0 saturated heterocycles. The number of rotatable bonds is 4. The van der Waals surface area contributed by atoms with Crippen molar-refractivity contribution in [3.63, 3.8) is 0 Å². The van der Waals surface area contributed by atoms with Gasteiger partial charge < -0.3 is 10.1 Å². The lowest BCUT2D eigenvalue weighted by Gasteiger charge is -2.07. The molecule has 1 heterocycles. The fourth-order valence-corrected chi connectivity index (χ4v) is 2.28. The van der Waals surface area contributed by atoms with Gasteiger partial charge >= 0.3 is 0 Å². The van der Waals surface area contributed by atoms with E-state index in [-0.39, 0.29) is 5.91 Å². The number of amides is 1. The fraction of sp³-hybridized carbons (Fsp3) is 0.231. The van der Waals surface area contributed by atoms with Gasteiger partial charge in [0.05, 0.1) is 12.3 Å². The topological polar surface area (TPSA) is 51.2 Å². The van der Waals surface area contributed by atoms with E-state index in [4.69, 9.17) is 4.74 Å². The molecule has 2 aromatic rings. The van der Waals surface area contributed by atoms with Gasteiger partial charge in [0, 0.05) is 12.7 Å². The van der Waals surface area contributed by atoms with Crippen molar-refractivity contribution < 1.29 is 9.53 Å². The summed E-state index contributed by atoms with van der Waals surface area (Å²) in [5.41, 5.74) is 2.41. The number of benzene rings is 1. The number of nitrogens with one attached hydrogen (secondary N) is 1. The third kappa shape index (κ3) is 2.94. The standard InChI is InChI=1S/C13H14N2O2S/c1-9-7-12(18-15-9)14-13(16)11-6-4-3-5-10(11)8-17-2/h3-7H,8H2,1-2H3,(H,14,16). The van der Waals surface area contributed by atoms with Crippen molar-refractivity contribution >= 4 is 22.4 Å². The first-order chi connectivity index (χ1) is 8.70. The quantitative estimate of drug-likeness (QED) is 0.921. The van der Waals surface area contributed by atoms with Gasteiger partial charge in [-0.1, -0.05) is 18.2 Å². The van der Waals surface area contributed by atoms with Gasteiger partial charge in [-0.15, -0.1) is 0 Å². The van der Waals surface area contributed by atoms with Crippen LogP contribution in [0.3, 0.4) is 0 Å². The smallest absolute Gasteiger partial charge is 0.256 e. The average molecular weight is 262 g/mol. The molecule has 0 radical (unpaired) electrons. The predicted molar refractivity (Wildman–Crippen MR) is 72.0 cm³/mol. The molecule has 0 atom stereocenters. The Labute approximate surface area is 110 Å². The Morgan fingerprint density at radius 3 is 2.89 bits per heavy atom. The Bertz CT molecular complexity index is 551. The summed E-state index contributed by atoms with van der Waals surface area (Å²) in [6, 6.07) is 9.25. The molecule has 0 fully saturated rings. The maximum absolute atomic E-state index is 12.1. The normalized spacial score (nSPS) is 10.3. The molecule has 2 rings (SSSR count). The van der Waals surface area contributed by atoms with Crippen molar-refractivity contribution in [2.45, 2.75) is 13.5 Å². The number of anilines is 1. The molecule has 94 valence electrons. The molecule has 0 aliphatic heterocycles. The number of aryl methyl sites for hydroxylation is 1. The van der Waals surface area contributed by atoms with E-state index in [2.05, 4.69) is 9.69 Å². The van der Waals surface area contributed by atoms with Crippen LogP contribution in [0.2, 0.25) is 0 Å². The molecule has 0 aliphatic rings. The lowest BCUT2D eigenvalue weighted by atomic mass is 10.1. The monoisotopic (exact) mass is 262 g/mol. The van der Waals surface area contributed by atoms with Crippen LogP contribution >= 0.6 is 11.5 Å². The van der Waals surface area contributed by atoms with E-state index in [9.17, 15) is 4.79 Å².